The summed E-state index contributed by atoms with van der Waals surface area (Å²) in [5, 5.41) is 14.6. The van der Waals surface area contributed by atoms with E-state index in [1.165, 1.54) is 6.08 Å². The monoisotopic (exact) mass is 624 g/mol. The summed E-state index contributed by atoms with van der Waals surface area (Å²) in [6.45, 7) is 2.21. The molecule has 0 aliphatic carbocycles. The van der Waals surface area contributed by atoms with Gasteiger partial charge in [0.25, 0.3) is 0 Å². The molecule has 6 rings (SSSR count). The molecule has 1 aromatic carbocycles. The van der Waals surface area contributed by atoms with Gasteiger partial charge in [-0.2, -0.15) is 18.3 Å². The van der Waals surface area contributed by atoms with Crippen LogP contribution in [0.3, 0.4) is 0 Å². The van der Waals surface area contributed by atoms with Gasteiger partial charge >= 0.3 is 6.18 Å². The van der Waals surface area contributed by atoms with Crippen LogP contribution in [0.4, 0.5) is 18.9 Å². The van der Waals surface area contributed by atoms with Crippen LogP contribution < -0.4 is 5.32 Å². The minimum Gasteiger partial charge on any atom is -0.330 e. The third kappa shape index (κ3) is 5.71. The van der Waals surface area contributed by atoms with E-state index < -0.39 is 11.9 Å². The van der Waals surface area contributed by atoms with Crippen LogP contribution in [0.1, 0.15) is 55.6 Å². The summed E-state index contributed by atoms with van der Waals surface area (Å²) in [6, 6.07) is 9.95. The molecule has 2 atom stereocenters. The Kier molecular flexibility index (Phi) is 7.74. The molecule has 2 amide bonds. The fourth-order valence-electron chi connectivity index (χ4n) is 5.72. The van der Waals surface area contributed by atoms with Crippen molar-refractivity contribution in [3.63, 3.8) is 0 Å². The smallest absolute Gasteiger partial charge is 0.330 e. The summed E-state index contributed by atoms with van der Waals surface area (Å²) in [4.78, 5) is 33.4. The summed E-state index contributed by atoms with van der Waals surface area (Å²) in [5.74, 6) is -0.627. The summed E-state index contributed by atoms with van der Waals surface area (Å²) in [7, 11) is 1.78. The number of halogens is 4. The molecule has 0 saturated heterocycles. The van der Waals surface area contributed by atoms with E-state index in [4.69, 9.17) is 16.6 Å². The maximum absolute atomic E-state index is 13.8. The maximum Gasteiger partial charge on any atom is 0.436 e. The zero-order valence-electron chi connectivity index (χ0n) is 23.8. The number of carbonyl (C=O) groups is 2. The van der Waals surface area contributed by atoms with Crippen molar-refractivity contribution in [3.8, 4) is 17.1 Å². The summed E-state index contributed by atoms with van der Waals surface area (Å²) in [5.41, 5.74) is 2.87. The van der Waals surface area contributed by atoms with Crippen molar-refractivity contribution in [2.45, 2.75) is 44.8 Å². The molecule has 2 aliphatic rings. The van der Waals surface area contributed by atoms with Crippen LogP contribution >= 0.6 is 11.6 Å². The van der Waals surface area contributed by atoms with E-state index in [0.717, 1.165) is 10.9 Å². The first kappa shape index (κ1) is 29.5. The van der Waals surface area contributed by atoms with Gasteiger partial charge in [0, 0.05) is 36.2 Å². The number of amides is 2. The highest BCUT2D eigenvalue weighted by Crippen LogP contribution is 2.37. The van der Waals surface area contributed by atoms with E-state index in [9.17, 15) is 22.8 Å². The van der Waals surface area contributed by atoms with Gasteiger partial charge in [-0.25, -0.2) is 9.67 Å². The SMILES string of the molecule is C[C@@H]1CCC[C@H](N2CCC(c3cc(Cl)ccc3-n3cc(C(F)(F)F)nn3)=CC2=O)c2cccc(n2)-c2c(cnn2C)NC1=O. The molecule has 1 N–H and O–H groups in total. The molecule has 4 aromatic rings. The van der Waals surface area contributed by atoms with E-state index in [2.05, 4.69) is 20.7 Å². The normalized spacial score (nSPS) is 19.5. The number of aromatic nitrogens is 6. The molecule has 14 heteroatoms. The first-order valence-electron chi connectivity index (χ1n) is 14.1. The Hall–Kier alpha value is -4.52. The topological polar surface area (TPSA) is 111 Å². The zero-order chi connectivity index (χ0) is 31.2. The molecule has 0 spiro atoms. The Morgan fingerprint density at radius 2 is 1.93 bits per heavy atom. The maximum atomic E-state index is 13.8. The second kappa shape index (κ2) is 11.5. The third-order valence-electron chi connectivity index (χ3n) is 8.03. The molecule has 3 aromatic heterocycles. The lowest BCUT2D eigenvalue weighted by molar-refractivity contribution is -0.141. The molecule has 0 unspecified atom stereocenters. The molecular weight excluding hydrogens is 597 g/mol. The number of nitrogens with zero attached hydrogens (tertiary/aromatic N) is 7. The Labute approximate surface area is 255 Å². The number of anilines is 1. The molecular formula is C30H28ClF3N8O2. The van der Waals surface area contributed by atoms with Gasteiger partial charge in [-0.3, -0.25) is 14.3 Å². The lowest BCUT2D eigenvalue weighted by Gasteiger charge is -2.34. The number of fused-ring (bicyclic) bond motifs is 4. The van der Waals surface area contributed by atoms with Crippen LogP contribution in [-0.4, -0.2) is 53.0 Å². The van der Waals surface area contributed by atoms with Crippen molar-refractivity contribution in [1.82, 2.24) is 34.7 Å². The molecule has 44 heavy (non-hydrogen) atoms. The molecule has 2 aliphatic heterocycles. The molecule has 0 radical (unpaired) electrons. The van der Waals surface area contributed by atoms with Crippen molar-refractivity contribution in [1.29, 1.82) is 0 Å². The van der Waals surface area contributed by atoms with Crippen LogP contribution in [-0.2, 0) is 22.8 Å². The lowest BCUT2D eigenvalue weighted by Crippen LogP contribution is -2.38. The Bertz CT molecular complexity index is 1780. The number of pyridine rings is 1. The highest BCUT2D eigenvalue weighted by atomic mass is 35.5. The van der Waals surface area contributed by atoms with Gasteiger partial charge in [-0.1, -0.05) is 36.2 Å². The van der Waals surface area contributed by atoms with Crippen LogP contribution in [0, 0.1) is 5.92 Å². The summed E-state index contributed by atoms with van der Waals surface area (Å²) in [6.07, 6.45) is 1.56. The quantitative estimate of drug-likeness (QED) is 0.306. The molecule has 228 valence electrons. The van der Waals surface area contributed by atoms with Crippen molar-refractivity contribution in [2.75, 3.05) is 11.9 Å². The van der Waals surface area contributed by atoms with Gasteiger partial charge in [0.05, 0.1) is 41.2 Å². The van der Waals surface area contributed by atoms with E-state index in [-0.39, 0.29) is 23.8 Å². The highest BCUT2D eigenvalue weighted by Gasteiger charge is 2.35. The third-order valence-corrected chi connectivity index (χ3v) is 8.26. The average molecular weight is 625 g/mol. The number of rotatable bonds is 3. The minimum atomic E-state index is -4.65. The number of aryl methyl sites for hydroxylation is 1. The number of hydrogen-bond donors (Lipinski definition) is 1. The fourth-order valence-corrected chi connectivity index (χ4v) is 5.90. The number of alkyl halides is 3. The van der Waals surface area contributed by atoms with Crippen molar-refractivity contribution in [3.05, 3.63) is 76.8 Å². The van der Waals surface area contributed by atoms with E-state index in [0.29, 0.717) is 76.8 Å². The highest BCUT2D eigenvalue weighted by molar-refractivity contribution is 6.30. The largest absolute Gasteiger partial charge is 0.436 e. The molecule has 10 nitrogen and oxygen atoms in total. The Morgan fingerprint density at radius 3 is 2.68 bits per heavy atom. The van der Waals surface area contributed by atoms with Crippen molar-refractivity contribution in [2.24, 2.45) is 13.0 Å². The van der Waals surface area contributed by atoms with Crippen LogP contribution in [0.25, 0.3) is 22.6 Å². The van der Waals surface area contributed by atoms with Crippen molar-refractivity contribution < 1.29 is 22.8 Å². The predicted molar refractivity (Wildman–Crippen MR) is 157 cm³/mol. The fraction of sp³-hybridized carbons (Fsp3) is 0.333. The Balaban J connectivity index is 1.35. The van der Waals surface area contributed by atoms with Gasteiger partial charge in [0.15, 0.2) is 5.69 Å². The van der Waals surface area contributed by atoms with Crippen LogP contribution in [0.5, 0.6) is 0 Å². The van der Waals surface area contributed by atoms with Gasteiger partial charge in [0.1, 0.15) is 5.69 Å². The Morgan fingerprint density at radius 1 is 1.11 bits per heavy atom. The van der Waals surface area contributed by atoms with Gasteiger partial charge in [0.2, 0.25) is 11.8 Å². The second-order valence-corrected chi connectivity index (χ2v) is 11.4. The van der Waals surface area contributed by atoms with E-state index in [1.54, 1.807) is 41.0 Å². The van der Waals surface area contributed by atoms with Crippen LogP contribution in [0.2, 0.25) is 5.02 Å². The average Bonchev–Trinajstić information content (AvgIpc) is 3.62. The first-order valence-corrected chi connectivity index (χ1v) is 14.5. The number of carbonyl (C=O) groups excluding carboxylic acids is 2. The summed E-state index contributed by atoms with van der Waals surface area (Å²) >= 11 is 6.28. The zero-order valence-corrected chi connectivity index (χ0v) is 24.6. The molecule has 0 fully saturated rings. The van der Waals surface area contributed by atoms with Crippen LogP contribution in [0.15, 0.2) is 54.9 Å². The lowest BCUT2D eigenvalue weighted by atomic mass is 9.93. The minimum absolute atomic E-state index is 0.110. The molecule has 0 saturated carbocycles. The molecule has 5 heterocycles. The first-order chi connectivity index (χ1) is 21.0. The number of nitrogens with one attached hydrogen (secondary N) is 1. The second-order valence-electron chi connectivity index (χ2n) is 11.0. The molecule has 2 bridgehead atoms. The van der Waals surface area contributed by atoms with E-state index >= 15 is 0 Å². The predicted octanol–water partition coefficient (Wildman–Crippen LogP) is 5.85. The van der Waals surface area contributed by atoms with Crippen molar-refractivity contribution >= 4 is 34.7 Å². The van der Waals surface area contributed by atoms with E-state index in [1.807, 2.05) is 25.1 Å². The summed E-state index contributed by atoms with van der Waals surface area (Å²) < 4.78 is 42.3. The van der Waals surface area contributed by atoms with Gasteiger partial charge in [-0.15, -0.1) is 5.10 Å². The standard InChI is InChI=1S/C30H28ClF3N8O2/c1-17-5-3-8-25(21-6-4-7-22(36-21)28-23(37-29(17)44)15-35-40(28)2)41-12-11-18(13-27(41)43)20-14-19(31)9-10-24(20)42-16-26(38-39-42)30(32,33)34/h4,6-7,9-10,13-17,25H,3,5,8,11-12H2,1-2H3,(H,37,44)/t17-,25+/m1/s1. The number of hydrogen-bond acceptors (Lipinski definition) is 6. The van der Waals surface area contributed by atoms with Gasteiger partial charge in [-0.05, 0) is 55.2 Å². The number of benzene rings is 1. The van der Waals surface area contributed by atoms with Gasteiger partial charge < -0.3 is 10.2 Å².